The molecule has 9 heteroatoms. The Kier molecular flexibility index (Phi) is 7.85. The summed E-state index contributed by atoms with van der Waals surface area (Å²) in [4.78, 5) is 37.6. The maximum atomic E-state index is 12.2. The number of carbonyl (C=O) groups excluding carboxylic acids is 3. The topological polar surface area (TPSA) is 94.2 Å². The van der Waals surface area contributed by atoms with Gasteiger partial charge in [-0.15, -0.1) is 0 Å². The molecule has 0 aliphatic carbocycles. The second-order valence-electron chi connectivity index (χ2n) is 5.95. The van der Waals surface area contributed by atoms with E-state index in [-0.39, 0.29) is 12.1 Å². The van der Waals surface area contributed by atoms with Crippen molar-refractivity contribution in [2.24, 2.45) is 0 Å². The summed E-state index contributed by atoms with van der Waals surface area (Å²) in [6, 6.07) is 11.2. The van der Waals surface area contributed by atoms with E-state index in [9.17, 15) is 14.4 Å². The Balaban J connectivity index is 1.87. The summed E-state index contributed by atoms with van der Waals surface area (Å²) in [6.45, 7) is -0.745. The third kappa shape index (κ3) is 6.39. The molecule has 0 atom stereocenters. The number of amides is 2. The van der Waals surface area contributed by atoms with Crippen molar-refractivity contribution >= 4 is 35.1 Å². The maximum absolute atomic E-state index is 12.2. The first kappa shape index (κ1) is 22.0. The molecule has 0 heterocycles. The van der Waals surface area contributed by atoms with Gasteiger partial charge in [-0.2, -0.15) is 0 Å². The van der Waals surface area contributed by atoms with Crippen LogP contribution in [0.5, 0.6) is 11.5 Å². The molecule has 0 aromatic heterocycles. The van der Waals surface area contributed by atoms with Gasteiger partial charge in [0.25, 0.3) is 5.91 Å². The molecule has 2 aromatic carbocycles. The number of hydrogen-bond acceptors (Lipinski definition) is 6. The van der Waals surface area contributed by atoms with Gasteiger partial charge in [-0.05, 0) is 36.4 Å². The molecule has 2 rings (SSSR count). The lowest BCUT2D eigenvalue weighted by atomic mass is 10.2. The normalized spacial score (nSPS) is 10.1. The number of methoxy groups -OCH3 is 2. The second kappa shape index (κ2) is 10.3. The minimum absolute atomic E-state index is 0.245. The predicted octanol–water partition coefficient (Wildman–Crippen LogP) is 2.61. The highest BCUT2D eigenvalue weighted by Gasteiger charge is 2.17. The largest absolute Gasteiger partial charge is 0.497 e. The van der Waals surface area contributed by atoms with E-state index in [1.807, 2.05) is 0 Å². The molecule has 1 N–H and O–H groups in total. The van der Waals surface area contributed by atoms with Gasteiger partial charge < -0.3 is 24.4 Å². The van der Waals surface area contributed by atoms with Crippen molar-refractivity contribution in [3.05, 3.63) is 53.1 Å². The molecule has 29 heavy (non-hydrogen) atoms. The van der Waals surface area contributed by atoms with E-state index >= 15 is 0 Å². The Morgan fingerprint density at radius 2 is 1.83 bits per heavy atom. The maximum Gasteiger partial charge on any atom is 0.338 e. The number of likely N-dealkylation sites (N-methyl/N-ethyl adjacent to an activating group) is 1. The summed E-state index contributed by atoms with van der Waals surface area (Å²) in [5.74, 6) is -0.728. The first-order valence-corrected chi connectivity index (χ1v) is 8.90. The number of benzene rings is 2. The molecule has 0 radical (unpaired) electrons. The molecule has 0 saturated heterocycles. The van der Waals surface area contributed by atoms with Crippen LogP contribution in [-0.4, -0.2) is 57.1 Å². The van der Waals surface area contributed by atoms with E-state index in [1.165, 1.54) is 33.4 Å². The average Bonchev–Trinajstić information content (AvgIpc) is 2.71. The highest BCUT2D eigenvalue weighted by Crippen LogP contribution is 2.27. The van der Waals surface area contributed by atoms with Crippen molar-refractivity contribution in [2.75, 3.05) is 39.7 Å². The van der Waals surface area contributed by atoms with Gasteiger partial charge in [0.05, 0.1) is 32.0 Å². The van der Waals surface area contributed by atoms with Crippen LogP contribution in [0.4, 0.5) is 5.69 Å². The second-order valence-corrected chi connectivity index (χ2v) is 6.39. The fourth-order valence-electron chi connectivity index (χ4n) is 2.34. The molecule has 0 aliphatic rings. The Morgan fingerprint density at radius 1 is 1.07 bits per heavy atom. The van der Waals surface area contributed by atoms with Crippen molar-refractivity contribution in [1.82, 2.24) is 4.90 Å². The smallest absolute Gasteiger partial charge is 0.338 e. The molecule has 2 amide bonds. The summed E-state index contributed by atoms with van der Waals surface area (Å²) in [7, 11) is 4.37. The number of rotatable bonds is 8. The summed E-state index contributed by atoms with van der Waals surface area (Å²) in [5, 5.41) is 3.05. The van der Waals surface area contributed by atoms with E-state index in [1.54, 1.807) is 30.3 Å². The summed E-state index contributed by atoms with van der Waals surface area (Å²) >= 11 is 5.93. The number of anilines is 1. The Morgan fingerprint density at radius 3 is 2.52 bits per heavy atom. The average molecular weight is 421 g/mol. The molecular formula is C20H21ClN2O6. The van der Waals surface area contributed by atoms with E-state index < -0.39 is 24.4 Å². The zero-order chi connectivity index (χ0) is 21.4. The van der Waals surface area contributed by atoms with Gasteiger partial charge in [0, 0.05) is 12.1 Å². The van der Waals surface area contributed by atoms with Gasteiger partial charge in [-0.1, -0.05) is 17.7 Å². The molecule has 0 saturated carbocycles. The Bertz CT molecular complexity index is 902. The molecule has 0 bridgehead atoms. The molecular weight excluding hydrogens is 400 g/mol. The van der Waals surface area contributed by atoms with Gasteiger partial charge in [0.2, 0.25) is 5.91 Å². The number of hydrogen-bond donors (Lipinski definition) is 1. The standard InChI is InChI=1S/C20H21ClN2O6/c1-23(11-18(24)22-16-10-14(21)7-8-17(16)28-3)19(25)12-29-20(26)13-5-4-6-15(9-13)27-2/h4-10H,11-12H2,1-3H3,(H,22,24). The van der Waals surface area contributed by atoms with Crippen LogP contribution in [0.15, 0.2) is 42.5 Å². The van der Waals surface area contributed by atoms with Crippen LogP contribution in [0, 0.1) is 0 Å². The summed E-state index contributed by atoms with van der Waals surface area (Å²) < 4.78 is 15.2. The first-order valence-electron chi connectivity index (χ1n) is 8.52. The quantitative estimate of drug-likeness (QED) is 0.660. The SMILES string of the molecule is COc1cccc(C(=O)OCC(=O)N(C)CC(=O)Nc2cc(Cl)ccc2OC)c1. The highest BCUT2D eigenvalue weighted by molar-refractivity contribution is 6.31. The third-order valence-electron chi connectivity index (χ3n) is 3.87. The monoisotopic (exact) mass is 420 g/mol. The fraction of sp³-hybridized carbons (Fsp3) is 0.250. The Labute approximate surface area is 173 Å². The lowest BCUT2D eigenvalue weighted by molar-refractivity contribution is -0.136. The van der Waals surface area contributed by atoms with Crippen molar-refractivity contribution in [3.8, 4) is 11.5 Å². The van der Waals surface area contributed by atoms with Gasteiger partial charge in [0.1, 0.15) is 11.5 Å². The van der Waals surface area contributed by atoms with Gasteiger partial charge >= 0.3 is 5.97 Å². The minimum Gasteiger partial charge on any atom is -0.497 e. The van der Waals surface area contributed by atoms with Crippen molar-refractivity contribution in [3.63, 3.8) is 0 Å². The van der Waals surface area contributed by atoms with Crippen LogP contribution in [0.2, 0.25) is 5.02 Å². The number of halogens is 1. The lowest BCUT2D eigenvalue weighted by Crippen LogP contribution is -2.37. The molecule has 8 nitrogen and oxygen atoms in total. The van der Waals surface area contributed by atoms with Crippen LogP contribution in [0.1, 0.15) is 10.4 Å². The molecule has 0 unspecified atom stereocenters. The van der Waals surface area contributed by atoms with Gasteiger partial charge in [-0.3, -0.25) is 9.59 Å². The lowest BCUT2D eigenvalue weighted by Gasteiger charge is -2.17. The zero-order valence-corrected chi connectivity index (χ0v) is 17.0. The van der Waals surface area contributed by atoms with E-state index in [2.05, 4.69) is 5.32 Å². The van der Waals surface area contributed by atoms with Gasteiger partial charge in [0.15, 0.2) is 6.61 Å². The zero-order valence-electron chi connectivity index (χ0n) is 16.2. The third-order valence-corrected chi connectivity index (χ3v) is 4.11. The number of ether oxygens (including phenoxy) is 3. The predicted molar refractivity (Wildman–Crippen MR) is 108 cm³/mol. The van der Waals surface area contributed by atoms with Crippen LogP contribution < -0.4 is 14.8 Å². The summed E-state index contributed by atoms with van der Waals surface area (Å²) in [6.07, 6.45) is 0. The number of esters is 1. The highest BCUT2D eigenvalue weighted by atomic mass is 35.5. The number of nitrogens with one attached hydrogen (secondary N) is 1. The molecule has 0 fully saturated rings. The molecule has 0 aliphatic heterocycles. The van der Waals surface area contributed by atoms with E-state index in [4.69, 9.17) is 25.8 Å². The number of carbonyl (C=O) groups is 3. The molecule has 2 aromatic rings. The van der Waals surface area contributed by atoms with E-state index in [0.29, 0.717) is 22.2 Å². The van der Waals surface area contributed by atoms with Crippen LogP contribution >= 0.6 is 11.6 Å². The van der Waals surface area contributed by atoms with Crippen molar-refractivity contribution in [1.29, 1.82) is 0 Å². The van der Waals surface area contributed by atoms with E-state index in [0.717, 1.165) is 4.90 Å². The molecule has 154 valence electrons. The van der Waals surface area contributed by atoms with Crippen molar-refractivity contribution < 1.29 is 28.6 Å². The van der Waals surface area contributed by atoms with Crippen LogP contribution in [0.25, 0.3) is 0 Å². The van der Waals surface area contributed by atoms with Crippen LogP contribution in [-0.2, 0) is 14.3 Å². The Hall–Kier alpha value is -3.26. The molecule has 0 spiro atoms. The summed E-state index contributed by atoms with van der Waals surface area (Å²) in [5.41, 5.74) is 0.640. The van der Waals surface area contributed by atoms with Crippen LogP contribution in [0.3, 0.4) is 0 Å². The van der Waals surface area contributed by atoms with Gasteiger partial charge in [-0.25, -0.2) is 4.79 Å². The van der Waals surface area contributed by atoms with Crippen molar-refractivity contribution in [2.45, 2.75) is 0 Å². The fourth-order valence-corrected chi connectivity index (χ4v) is 2.51. The minimum atomic E-state index is -0.668. The number of nitrogens with zero attached hydrogens (tertiary/aromatic N) is 1. The first-order chi connectivity index (χ1) is 13.8.